The van der Waals surface area contributed by atoms with Crippen LogP contribution in [0.5, 0.6) is 0 Å². The van der Waals surface area contributed by atoms with Gasteiger partial charge in [-0.3, -0.25) is 0 Å². The second-order valence-corrected chi connectivity index (χ2v) is 4.59. The first kappa shape index (κ1) is 12.3. The van der Waals surface area contributed by atoms with Gasteiger partial charge in [0.25, 0.3) is 0 Å². The molecule has 1 fully saturated rings. The van der Waals surface area contributed by atoms with Gasteiger partial charge in [0.05, 0.1) is 13.2 Å². The normalized spacial score (nSPS) is 23.4. The highest BCUT2D eigenvalue weighted by atomic mass is 16.5. The van der Waals surface area contributed by atoms with Gasteiger partial charge < -0.3 is 19.8 Å². The number of nitrogens with one attached hydrogen (secondary N) is 2. The second-order valence-electron chi connectivity index (χ2n) is 4.59. The zero-order valence-electron chi connectivity index (χ0n) is 10.4. The highest BCUT2D eigenvalue weighted by molar-refractivity contribution is 5.21. The van der Waals surface area contributed by atoms with Crippen molar-refractivity contribution < 1.29 is 9.15 Å². The molecule has 96 valence electrons. The molecule has 1 saturated carbocycles. The molecular weight excluding hydrogens is 220 g/mol. The lowest BCUT2D eigenvalue weighted by atomic mass is 9.82. The molecule has 0 amide bonds. The minimum absolute atomic E-state index is 0.500. The number of anilines is 1. The Morgan fingerprint density at radius 1 is 1.41 bits per heavy atom. The molecule has 6 heteroatoms. The molecule has 1 heterocycles. The van der Waals surface area contributed by atoms with Crippen molar-refractivity contribution in [3.63, 3.8) is 0 Å². The van der Waals surface area contributed by atoms with Crippen LogP contribution in [-0.4, -0.2) is 36.5 Å². The van der Waals surface area contributed by atoms with Gasteiger partial charge in [0.2, 0.25) is 5.89 Å². The Balaban J connectivity index is 1.68. The molecule has 1 aromatic rings. The molecule has 0 radical (unpaired) electrons. The van der Waals surface area contributed by atoms with Crippen LogP contribution in [0.3, 0.4) is 0 Å². The van der Waals surface area contributed by atoms with E-state index in [9.17, 15) is 0 Å². The number of aromatic nitrogens is 2. The summed E-state index contributed by atoms with van der Waals surface area (Å²) in [5.41, 5.74) is 0. The highest BCUT2D eigenvalue weighted by Gasteiger charge is 2.26. The van der Waals surface area contributed by atoms with Crippen LogP contribution in [0.4, 0.5) is 6.01 Å². The number of methoxy groups -OCH3 is 1. The molecule has 1 aromatic heterocycles. The summed E-state index contributed by atoms with van der Waals surface area (Å²) in [5, 5.41) is 14.3. The molecule has 1 aliphatic rings. The van der Waals surface area contributed by atoms with Crippen molar-refractivity contribution in [2.75, 3.05) is 25.6 Å². The van der Waals surface area contributed by atoms with E-state index in [2.05, 4.69) is 27.8 Å². The first-order chi connectivity index (χ1) is 8.28. The average Bonchev–Trinajstić information content (AvgIpc) is 2.70. The van der Waals surface area contributed by atoms with E-state index in [0.717, 1.165) is 12.5 Å². The molecule has 0 aliphatic heterocycles. The maximum absolute atomic E-state index is 5.47. The van der Waals surface area contributed by atoms with Gasteiger partial charge in [-0.05, 0) is 18.8 Å². The summed E-state index contributed by atoms with van der Waals surface area (Å²) >= 11 is 0. The molecule has 2 N–H and O–H groups in total. The van der Waals surface area contributed by atoms with Crippen LogP contribution in [0.2, 0.25) is 0 Å². The first-order valence-electron chi connectivity index (χ1n) is 6.06. The average molecular weight is 240 g/mol. The van der Waals surface area contributed by atoms with Crippen LogP contribution in [0.25, 0.3) is 0 Å². The lowest BCUT2D eigenvalue weighted by Gasteiger charge is -2.32. The van der Waals surface area contributed by atoms with Crippen molar-refractivity contribution in [1.82, 2.24) is 15.5 Å². The summed E-state index contributed by atoms with van der Waals surface area (Å²) in [6, 6.07) is 1.03. The van der Waals surface area contributed by atoms with E-state index in [4.69, 9.17) is 9.15 Å². The van der Waals surface area contributed by atoms with E-state index in [1.165, 1.54) is 12.8 Å². The van der Waals surface area contributed by atoms with Crippen LogP contribution >= 0.6 is 0 Å². The fraction of sp³-hybridized carbons (Fsp3) is 0.818. The Kier molecular flexibility index (Phi) is 4.33. The van der Waals surface area contributed by atoms with Gasteiger partial charge in [-0.1, -0.05) is 12.0 Å². The largest absolute Gasteiger partial charge is 0.407 e. The Morgan fingerprint density at radius 2 is 2.24 bits per heavy atom. The molecular formula is C11H20N4O2. The Labute approximate surface area is 101 Å². The molecule has 0 bridgehead atoms. The van der Waals surface area contributed by atoms with E-state index < -0.39 is 0 Å². The number of nitrogens with zero attached hydrogens (tertiary/aromatic N) is 2. The third-order valence-corrected chi connectivity index (χ3v) is 2.93. The summed E-state index contributed by atoms with van der Waals surface area (Å²) in [7, 11) is 1.68. The molecule has 17 heavy (non-hydrogen) atoms. The lowest BCUT2D eigenvalue weighted by Crippen LogP contribution is -2.33. The molecule has 0 atom stereocenters. The SMILES string of the molecule is COCCNCc1nnc(NC2CC(C)C2)o1. The highest BCUT2D eigenvalue weighted by Crippen LogP contribution is 2.28. The molecule has 0 spiro atoms. The van der Waals surface area contributed by atoms with Gasteiger partial charge in [-0.15, -0.1) is 5.10 Å². The smallest absolute Gasteiger partial charge is 0.315 e. The van der Waals surface area contributed by atoms with Gasteiger partial charge >= 0.3 is 6.01 Å². The van der Waals surface area contributed by atoms with Gasteiger partial charge in [-0.25, -0.2) is 0 Å². The number of ether oxygens (including phenoxy) is 1. The van der Waals surface area contributed by atoms with E-state index in [1.807, 2.05) is 0 Å². The summed E-state index contributed by atoms with van der Waals surface area (Å²) < 4.78 is 10.4. The third-order valence-electron chi connectivity index (χ3n) is 2.93. The zero-order chi connectivity index (χ0) is 12.1. The fourth-order valence-electron chi connectivity index (χ4n) is 1.95. The van der Waals surface area contributed by atoms with Crippen LogP contribution in [0.15, 0.2) is 4.42 Å². The van der Waals surface area contributed by atoms with E-state index in [-0.39, 0.29) is 0 Å². The summed E-state index contributed by atoms with van der Waals surface area (Å²) in [4.78, 5) is 0. The van der Waals surface area contributed by atoms with Gasteiger partial charge in [0, 0.05) is 19.7 Å². The first-order valence-corrected chi connectivity index (χ1v) is 6.06. The Morgan fingerprint density at radius 3 is 2.94 bits per heavy atom. The molecule has 2 rings (SSSR count). The minimum Gasteiger partial charge on any atom is -0.407 e. The van der Waals surface area contributed by atoms with Crippen molar-refractivity contribution in [1.29, 1.82) is 0 Å². The van der Waals surface area contributed by atoms with E-state index in [0.29, 0.717) is 31.1 Å². The number of hydrogen-bond acceptors (Lipinski definition) is 6. The molecule has 0 unspecified atom stereocenters. The Hall–Kier alpha value is -1.14. The fourth-order valence-corrected chi connectivity index (χ4v) is 1.95. The maximum Gasteiger partial charge on any atom is 0.315 e. The maximum atomic E-state index is 5.47. The van der Waals surface area contributed by atoms with Crippen LogP contribution < -0.4 is 10.6 Å². The van der Waals surface area contributed by atoms with Gasteiger partial charge in [-0.2, -0.15) is 0 Å². The van der Waals surface area contributed by atoms with Crippen LogP contribution in [0, 0.1) is 5.92 Å². The summed E-state index contributed by atoms with van der Waals surface area (Å²) in [6.45, 7) is 4.29. The van der Waals surface area contributed by atoms with Crippen LogP contribution in [-0.2, 0) is 11.3 Å². The molecule has 6 nitrogen and oxygen atoms in total. The minimum atomic E-state index is 0.500. The lowest BCUT2D eigenvalue weighted by molar-refractivity contribution is 0.198. The standard InChI is InChI=1S/C11H20N4O2/c1-8-5-9(6-8)13-11-15-14-10(17-11)7-12-3-4-16-2/h8-9,12H,3-7H2,1-2H3,(H,13,15). The molecule has 0 saturated heterocycles. The van der Waals surface area contributed by atoms with E-state index in [1.54, 1.807) is 7.11 Å². The van der Waals surface area contributed by atoms with Crippen molar-refractivity contribution in [2.24, 2.45) is 5.92 Å². The van der Waals surface area contributed by atoms with Gasteiger partial charge in [0.1, 0.15) is 0 Å². The zero-order valence-corrected chi connectivity index (χ0v) is 10.4. The quantitative estimate of drug-likeness (QED) is 0.693. The van der Waals surface area contributed by atoms with Crippen LogP contribution in [0.1, 0.15) is 25.7 Å². The van der Waals surface area contributed by atoms with Crippen molar-refractivity contribution >= 4 is 6.01 Å². The predicted molar refractivity (Wildman–Crippen MR) is 63.7 cm³/mol. The number of hydrogen-bond donors (Lipinski definition) is 2. The van der Waals surface area contributed by atoms with Crippen molar-refractivity contribution in [3.8, 4) is 0 Å². The monoisotopic (exact) mass is 240 g/mol. The van der Waals surface area contributed by atoms with E-state index >= 15 is 0 Å². The number of rotatable bonds is 7. The Bertz CT molecular complexity index is 336. The second kappa shape index (κ2) is 5.97. The van der Waals surface area contributed by atoms with Crippen molar-refractivity contribution in [3.05, 3.63) is 5.89 Å². The third kappa shape index (κ3) is 3.67. The summed E-state index contributed by atoms with van der Waals surface area (Å²) in [5.74, 6) is 1.42. The van der Waals surface area contributed by atoms with Crippen molar-refractivity contribution in [2.45, 2.75) is 32.4 Å². The molecule has 0 aromatic carbocycles. The summed E-state index contributed by atoms with van der Waals surface area (Å²) in [6.07, 6.45) is 2.37. The van der Waals surface area contributed by atoms with Gasteiger partial charge in [0.15, 0.2) is 0 Å². The molecule has 1 aliphatic carbocycles. The predicted octanol–water partition coefficient (Wildman–Crippen LogP) is 1.02. The topological polar surface area (TPSA) is 72.2 Å².